The molecule has 1 aliphatic heterocycles. The van der Waals surface area contributed by atoms with Gasteiger partial charge in [0.1, 0.15) is 5.70 Å². The largest absolute Gasteiger partial charge is 0.393 e. The summed E-state index contributed by atoms with van der Waals surface area (Å²) >= 11 is 12.0. The van der Waals surface area contributed by atoms with Crippen LogP contribution in [0.15, 0.2) is 29.6 Å². The third kappa shape index (κ3) is 7.65. The van der Waals surface area contributed by atoms with E-state index in [2.05, 4.69) is 25.2 Å². The number of carbonyl (C=O) groups is 2. The number of allylic oxidation sites excluding steroid dienone is 1. The lowest BCUT2D eigenvalue weighted by Crippen LogP contribution is -2.46. The summed E-state index contributed by atoms with van der Waals surface area (Å²) in [4.78, 5) is 41.0. The standard InChI is InChI=1S/C18H24Cl2N5O6P/c1-29-30-31-32(28)10-25-7-5-11(6-8-25)23-18(27)16(22)14(9-21)24-17(26)15-12(19)3-2-4-13(15)20/h2-4,9,11,21,28H,5-8,10,22H2,1H3,(H,23,27)(H,24,26)/b16-14+,21-9?. The van der Waals surface area contributed by atoms with Crippen LogP contribution >= 0.6 is 31.6 Å². The van der Waals surface area contributed by atoms with E-state index in [-0.39, 0.29) is 39.3 Å². The minimum atomic E-state index is -1.81. The fraction of sp³-hybridized carbons (Fsp3) is 0.389. The molecule has 2 rings (SSSR count). The summed E-state index contributed by atoms with van der Waals surface area (Å²) in [5, 5.41) is 17.2. The number of nitrogens with zero attached hydrogens (tertiary/aromatic N) is 1. The van der Waals surface area contributed by atoms with Gasteiger partial charge < -0.3 is 26.7 Å². The van der Waals surface area contributed by atoms with E-state index in [0.717, 1.165) is 6.21 Å². The minimum Gasteiger partial charge on any atom is -0.393 e. The Morgan fingerprint density at radius 1 is 1.34 bits per heavy atom. The molecule has 0 saturated carbocycles. The van der Waals surface area contributed by atoms with Crippen LogP contribution in [0.4, 0.5) is 0 Å². The summed E-state index contributed by atoms with van der Waals surface area (Å²) in [5.74, 6) is -1.31. The highest BCUT2D eigenvalue weighted by Crippen LogP contribution is 2.33. The second-order valence-electron chi connectivity index (χ2n) is 6.69. The molecule has 32 heavy (non-hydrogen) atoms. The van der Waals surface area contributed by atoms with E-state index in [9.17, 15) is 14.5 Å². The van der Waals surface area contributed by atoms with Gasteiger partial charge in [0, 0.05) is 25.3 Å². The molecular weight excluding hydrogens is 484 g/mol. The second-order valence-corrected chi connectivity index (χ2v) is 8.64. The number of piperidine rings is 1. The van der Waals surface area contributed by atoms with Gasteiger partial charge in [0.15, 0.2) is 0 Å². The molecular formula is C18H24Cl2N5O6P. The Bertz CT molecular complexity index is 846. The van der Waals surface area contributed by atoms with E-state index in [1.807, 2.05) is 4.90 Å². The number of carbonyl (C=O) groups excluding carboxylic acids is 2. The zero-order valence-corrected chi connectivity index (χ0v) is 19.5. The second kappa shape index (κ2) is 13.0. The molecule has 11 nitrogen and oxygen atoms in total. The van der Waals surface area contributed by atoms with Crippen LogP contribution in [0.25, 0.3) is 0 Å². The Hall–Kier alpha value is -1.82. The van der Waals surface area contributed by atoms with Gasteiger partial charge in [0.2, 0.25) is 8.38 Å². The molecule has 0 spiro atoms. The smallest absolute Gasteiger partial charge is 0.269 e. The van der Waals surface area contributed by atoms with Crippen molar-refractivity contribution in [3.63, 3.8) is 0 Å². The van der Waals surface area contributed by atoms with Gasteiger partial charge in [-0.2, -0.15) is 4.67 Å². The Morgan fingerprint density at radius 2 is 1.97 bits per heavy atom. The van der Waals surface area contributed by atoms with Crippen LogP contribution in [-0.4, -0.2) is 60.3 Å². The van der Waals surface area contributed by atoms with Crippen LogP contribution < -0.4 is 16.4 Å². The molecule has 2 amide bonds. The predicted octanol–water partition coefficient (Wildman–Crippen LogP) is 1.89. The molecule has 0 radical (unpaired) electrons. The van der Waals surface area contributed by atoms with Crippen molar-refractivity contribution >= 4 is 49.6 Å². The lowest BCUT2D eigenvalue weighted by Gasteiger charge is -2.32. The van der Waals surface area contributed by atoms with Crippen molar-refractivity contribution in [2.24, 2.45) is 5.73 Å². The van der Waals surface area contributed by atoms with E-state index in [4.69, 9.17) is 34.3 Å². The average molecular weight is 508 g/mol. The third-order valence-corrected chi connectivity index (χ3v) is 6.05. The highest BCUT2D eigenvalue weighted by molar-refractivity contribution is 7.45. The van der Waals surface area contributed by atoms with Crippen LogP contribution in [0.5, 0.6) is 0 Å². The summed E-state index contributed by atoms with van der Waals surface area (Å²) in [5.41, 5.74) is 5.40. The molecule has 1 aliphatic rings. The van der Waals surface area contributed by atoms with Gasteiger partial charge in [0.05, 0.1) is 34.7 Å². The Morgan fingerprint density at radius 3 is 2.53 bits per heavy atom. The maximum Gasteiger partial charge on any atom is 0.269 e. The molecule has 1 heterocycles. The van der Waals surface area contributed by atoms with E-state index in [1.54, 1.807) is 6.07 Å². The van der Waals surface area contributed by atoms with Crippen molar-refractivity contribution in [2.45, 2.75) is 18.9 Å². The van der Waals surface area contributed by atoms with Gasteiger partial charge >= 0.3 is 0 Å². The molecule has 1 atom stereocenters. The van der Waals surface area contributed by atoms with E-state index in [1.165, 1.54) is 19.2 Å². The Labute approximate surface area is 196 Å². The number of benzene rings is 1. The first-order valence-corrected chi connectivity index (χ1v) is 11.5. The highest BCUT2D eigenvalue weighted by Gasteiger charge is 2.25. The van der Waals surface area contributed by atoms with Gasteiger partial charge in [-0.3, -0.25) is 14.5 Å². The van der Waals surface area contributed by atoms with Crippen molar-refractivity contribution in [3.05, 3.63) is 45.2 Å². The van der Waals surface area contributed by atoms with Crippen LogP contribution in [0, 0.1) is 5.41 Å². The first kappa shape index (κ1) is 26.4. The molecule has 0 aliphatic carbocycles. The monoisotopic (exact) mass is 507 g/mol. The van der Waals surface area contributed by atoms with Crippen LogP contribution in [-0.2, 0) is 19.4 Å². The number of hydrogen-bond donors (Lipinski definition) is 5. The molecule has 1 saturated heterocycles. The number of likely N-dealkylation sites (tertiary alicyclic amines) is 1. The molecule has 14 heteroatoms. The molecule has 1 aromatic carbocycles. The molecule has 6 N–H and O–H groups in total. The fourth-order valence-electron chi connectivity index (χ4n) is 2.95. The van der Waals surface area contributed by atoms with Crippen LogP contribution in [0.3, 0.4) is 0 Å². The number of hydrogen-bond acceptors (Lipinski definition) is 9. The molecule has 0 aromatic heterocycles. The third-order valence-electron chi connectivity index (χ3n) is 4.55. The van der Waals surface area contributed by atoms with E-state index in [0.29, 0.717) is 25.9 Å². The van der Waals surface area contributed by atoms with Gasteiger partial charge in [-0.05, 0) is 25.0 Å². The zero-order chi connectivity index (χ0) is 23.7. The number of halogens is 2. The van der Waals surface area contributed by atoms with Gasteiger partial charge in [-0.25, -0.2) is 4.89 Å². The Kier molecular flexibility index (Phi) is 10.8. The van der Waals surface area contributed by atoms with Crippen molar-refractivity contribution in [3.8, 4) is 0 Å². The van der Waals surface area contributed by atoms with Crippen molar-refractivity contribution in [1.82, 2.24) is 15.5 Å². The molecule has 1 fully saturated rings. The van der Waals surface area contributed by atoms with Gasteiger partial charge in [-0.1, -0.05) is 34.3 Å². The summed E-state index contributed by atoms with van der Waals surface area (Å²) in [6.07, 6.45) is 2.26. The normalized spacial score (nSPS) is 16.8. The van der Waals surface area contributed by atoms with E-state index < -0.39 is 20.2 Å². The highest BCUT2D eigenvalue weighted by atomic mass is 35.5. The maximum atomic E-state index is 12.5. The van der Waals surface area contributed by atoms with Crippen molar-refractivity contribution in [1.29, 1.82) is 5.41 Å². The first-order valence-electron chi connectivity index (χ1n) is 9.39. The van der Waals surface area contributed by atoms with Crippen LogP contribution in [0.2, 0.25) is 10.0 Å². The lowest BCUT2D eigenvalue weighted by molar-refractivity contribution is -0.454. The summed E-state index contributed by atoms with van der Waals surface area (Å²) < 4.78 is 4.63. The molecule has 176 valence electrons. The zero-order valence-electron chi connectivity index (χ0n) is 17.1. The quantitative estimate of drug-likeness (QED) is 0.105. The van der Waals surface area contributed by atoms with Gasteiger partial charge in [-0.15, -0.1) is 0 Å². The number of nitrogens with two attached hydrogens (primary N) is 1. The summed E-state index contributed by atoms with van der Waals surface area (Å²) in [7, 11) is -0.552. The Balaban J connectivity index is 1.92. The predicted molar refractivity (Wildman–Crippen MR) is 120 cm³/mol. The molecule has 1 unspecified atom stereocenters. The van der Waals surface area contributed by atoms with E-state index >= 15 is 0 Å². The average Bonchev–Trinajstić information content (AvgIpc) is 2.76. The lowest BCUT2D eigenvalue weighted by atomic mass is 10.1. The SMILES string of the molecule is COOOP(O)CN1CCC(NC(=O)/C(N)=C(/C=N)NC(=O)c2c(Cl)cccc2Cl)CC1. The number of amides is 2. The van der Waals surface area contributed by atoms with Crippen LogP contribution in [0.1, 0.15) is 23.2 Å². The minimum absolute atomic E-state index is 0.0134. The molecule has 0 bridgehead atoms. The van der Waals surface area contributed by atoms with Gasteiger partial charge in [0.25, 0.3) is 11.8 Å². The topological polar surface area (TPSA) is 159 Å². The maximum absolute atomic E-state index is 12.5. The number of rotatable bonds is 10. The first-order chi connectivity index (χ1) is 15.3. The number of nitrogens with one attached hydrogen (secondary N) is 3. The fourth-order valence-corrected chi connectivity index (χ4v) is 4.32. The summed E-state index contributed by atoms with van der Waals surface area (Å²) in [6.45, 7) is 1.20. The van der Waals surface area contributed by atoms with Crippen molar-refractivity contribution < 1.29 is 29.1 Å². The van der Waals surface area contributed by atoms with Crippen molar-refractivity contribution in [2.75, 3.05) is 26.5 Å². The summed E-state index contributed by atoms with van der Waals surface area (Å²) in [6, 6.07) is 4.41. The molecule has 1 aromatic rings.